The summed E-state index contributed by atoms with van der Waals surface area (Å²) in [5, 5.41) is 12.8. The summed E-state index contributed by atoms with van der Waals surface area (Å²) in [6, 6.07) is 62.3. The number of hydrogen-bond acceptors (Lipinski definition) is 0. The highest BCUT2D eigenvalue weighted by atomic mass is 14.2. The molecule has 9 rings (SSSR count). The third-order valence-electron chi connectivity index (χ3n) is 9.20. The van der Waals surface area contributed by atoms with E-state index in [9.17, 15) is 0 Å². The van der Waals surface area contributed by atoms with Crippen molar-refractivity contribution in [2.24, 2.45) is 0 Å². The van der Waals surface area contributed by atoms with Crippen LogP contribution in [-0.2, 0) is 0 Å². The molecule has 0 unspecified atom stereocenters. The van der Waals surface area contributed by atoms with Gasteiger partial charge in [0.15, 0.2) is 0 Å². The first-order valence-electron chi connectivity index (χ1n) is 15.3. The second kappa shape index (κ2) is 9.93. The van der Waals surface area contributed by atoms with Crippen molar-refractivity contribution in [1.82, 2.24) is 0 Å². The minimum Gasteiger partial charge on any atom is -0.0622 e. The molecular formula is C44H28. The maximum absolute atomic E-state index is 2.42. The van der Waals surface area contributed by atoms with E-state index in [4.69, 9.17) is 0 Å². The maximum atomic E-state index is 2.42. The van der Waals surface area contributed by atoms with Crippen molar-refractivity contribution >= 4 is 53.9 Å². The highest BCUT2D eigenvalue weighted by molar-refractivity contribution is 6.24. The van der Waals surface area contributed by atoms with Crippen molar-refractivity contribution in [2.45, 2.75) is 0 Å². The van der Waals surface area contributed by atoms with E-state index in [1.54, 1.807) is 0 Å². The van der Waals surface area contributed by atoms with E-state index in [-0.39, 0.29) is 0 Å². The summed E-state index contributed by atoms with van der Waals surface area (Å²) in [5.74, 6) is 0. The second-order valence-corrected chi connectivity index (χ2v) is 11.7. The molecular weight excluding hydrogens is 528 g/mol. The molecule has 9 aromatic carbocycles. The van der Waals surface area contributed by atoms with Crippen LogP contribution in [0.3, 0.4) is 0 Å². The predicted octanol–water partition coefficient (Wildman–Crippen LogP) is 12.5. The van der Waals surface area contributed by atoms with Gasteiger partial charge in [-0.3, -0.25) is 0 Å². The van der Waals surface area contributed by atoms with Crippen molar-refractivity contribution in [3.8, 4) is 33.4 Å². The van der Waals surface area contributed by atoms with Crippen molar-refractivity contribution in [3.63, 3.8) is 0 Å². The number of fused-ring (bicyclic) bond motifs is 6. The van der Waals surface area contributed by atoms with Crippen molar-refractivity contribution in [3.05, 3.63) is 170 Å². The van der Waals surface area contributed by atoms with Gasteiger partial charge in [0.05, 0.1) is 0 Å². The Hall–Kier alpha value is -5.72. The molecule has 204 valence electrons. The molecule has 0 radical (unpaired) electrons. The molecule has 0 fully saturated rings. The number of hydrogen-bond donors (Lipinski definition) is 0. The lowest BCUT2D eigenvalue weighted by Crippen LogP contribution is -1.92. The van der Waals surface area contributed by atoms with Crippen LogP contribution in [0, 0.1) is 0 Å². The minimum atomic E-state index is 1.23. The third kappa shape index (κ3) is 3.85. The van der Waals surface area contributed by atoms with Crippen LogP contribution in [-0.4, -0.2) is 0 Å². The quantitative estimate of drug-likeness (QED) is 0.150. The van der Waals surface area contributed by atoms with E-state index in [2.05, 4.69) is 170 Å². The second-order valence-electron chi connectivity index (χ2n) is 11.7. The Morgan fingerprint density at radius 1 is 0.227 bits per heavy atom. The third-order valence-corrected chi connectivity index (χ3v) is 9.20. The summed E-state index contributed by atoms with van der Waals surface area (Å²) in [7, 11) is 0. The van der Waals surface area contributed by atoms with E-state index < -0.39 is 0 Å². The zero-order valence-electron chi connectivity index (χ0n) is 24.2. The molecule has 9 aromatic rings. The molecule has 0 nitrogen and oxygen atoms in total. The zero-order chi connectivity index (χ0) is 29.0. The van der Waals surface area contributed by atoms with E-state index in [1.165, 1.54) is 87.2 Å². The Labute approximate surface area is 256 Å². The van der Waals surface area contributed by atoms with Crippen LogP contribution in [0.4, 0.5) is 0 Å². The van der Waals surface area contributed by atoms with Gasteiger partial charge in [-0.15, -0.1) is 0 Å². The highest BCUT2D eigenvalue weighted by Gasteiger charge is 2.18. The number of rotatable bonds is 3. The summed E-state index contributed by atoms with van der Waals surface area (Å²) in [5.41, 5.74) is 7.55. The fraction of sp³-hybridized carbons (Fsp3) is 0. The van der Waals surface area contributed by atoms with Crippen molar-refractivity contribution in [1.29, 1.82) is 0 Å². The van der Waals surface area contributed by atoms with Crippen LogP contribution in [0.15, 0.2) is 170 Å². The van der Waals surface area contributed by atoms with Crippen molar-refractivity contribution in [2.75, 3.05) is 0 Å². The van der Waals surface area contributed by atoms with Crippen LogP contribution >= 0.6 is 0 Å². The summed E-state index contributed by atoms with van der Waals surface area (Å²) in [6.45, 7) is 0. The van der Waals surface area contributed by atoms with Gasteiger partial charge >= 0.3 is 0 Å². The fourth-order valence-electron chi connectivity index (χ4n) is 7.21. The highest BCUT2D eigenvalue weighted by Crippen LogP contribution is 2.46. The smallest absolute Gasteiger partial charge is 0.00201 e. The first-order chi connectivity index (χ1) is 21.8. The monoisotopic (exact) mass is 556 g/mol. The first-order valence-corrected chi connectivity index (χ1v) is 15.3. The molecule has 0 aliphatic heterocycles. The molecule has 0 atom stereocenters. The summed E-state index contributed by atoms with van der Waals surface area (Å²) >= 11 is 0. The van der Waals surface area contributed by atoms with E-state index in [0.29, 0.717) is 0 Å². The van der Waals surface area contributed by atoms with Gasteiger partial charge in [0.2, 0.25) is 0 Å². The van der Waals surface area contributed by atoms with E-state index in [1.807, 2.05) is 0 Å². The molecule has 0 saturated carbocycles. The van der Waals surface area contributed by atoms with Gasteiger partial charge in [0, 0.05) is 0 Å². The van der Waals surface area contributed by atoms with Crippen LogP contribution in [0.1, 0.15) is 0 Å². The summed E-state index contributed by atoms with van der Waals surface area (Å²) in [6.07, 6.45) is 0. The van der Waals surface area contributed by atoms with Crippen LogP contribution in [0.25, 0.3) is 87.2 Å². The van der Waals surface area contributed by atoms with Crippen LogP contribution in [0.2, 0.25) is 0 Å². The molecule has 0 N–H and O–H groups in total. The Morgan fingerprint density at radius 2 is 0.750 bits per heavy atom. The molecule has 0 aliphatic carbocycles. The van der Waals surface area contributed by atoms with Gasteiger partial charge in [-0.2, -0.15) is 0 Å². The van der Waals surface area contributed by atoms with Gasteiger partial charge in [0.25, 0.3) is 0 Å². The average molecular weight is 557 g/mol. The molecule has 0 amide bonds. The molecule has 0 aromatic heterocycles. The Morgan fingerprint density at radius 3 is 1.50 bits per heavy atom. The average Bonchev–Trinajstić information content (AvgIpc) is 3.10. The molecule has 0 heteroatoms. The minimum absolute atomic E-state index is 1.23. The fourth-order valence-corrected chi connectivity index (χ4v) is 7.21. The van der Waals surface area contributed by atoms with E-state index in [0.717, 1.165) is 0 Å². The Kier molecular flexibility index (Phi) is 5.61. The summed E-state index contributed by atoms with van der Waals surface area (Å²) in [4.78, 5) is 0. The lowest BCUT2D eigenvalue weighted by Gasteiger charge is -2.19. The number of benzene rings is 9. The molecule has 0 aliphatic rings. The van der Waals surface area contributed by atoms with Gasteiger partial charge < -0.3 is 0 Å². The molecule has 44 heavy (non-hydrogen) atoms. The standard InChI is InChI=1S/C44H28/c1-2-12-29(13-3-1)31-15-10-17-34(26-31)43-36-19-6-8-21-38(36)44(39-22-9-7-20-37(39)43)40-23-11-16-32-27-33-25-24-30-14-4-5-18-35(30)41(33)28-42(32)40/h1-28H. The predicted molar refractivity (Wildman–Crippen MR) is 190 cm³/mol. The molecule has 0 bridgehead atoms. The Bertz CT molecular complexity index is 2480. The Balaban J connectivity index is 1.38. The lowest BCUT2D eigenvalue weighted by molar-refractivity contribution is 1.61. The zero-order valence-corrected chi connectivity index (χ0v) is 24.2. The van der Waals surface area contributed by atoms with Gasteiger partial charge in [-0.05, 0) is 105 Å². The SMILES string of the molecule is c1ccc(-c2cccc(-c3c4ccccc4c(-c4cccc5cc6ccc7ccccc7c6cc45)c4ccccc34)c2)cc1. The van der Waals surface area contributed by atoms with Crippen LogP contribution in [0.5, 0.6) is 0 Å². The molecule has 0 spiro atoms. The molecule has 0 saturated heterocycles. The summed E-state index contributed by atoms with van der Waals surface area (Å²) < 4.78 is 0. The van der Waals surface area contributed by atoms with Gasteiger partial charge in [-0.1, -0.05) is 152 Å². The lowest BCUT2D eigenvalue weighted by atomic mass is 9.84. The first kappa shape index (κ1) is 24.8. The van der Waals surface area contributed by atoms with Gasteiger partial charge in [-0.25, -0.2) is 0 Å². The van der Waals surface area contributed by atoms with Crippen LogP contribution < -0.4 is 0 Å². The normalized spacial score (nSPS) is 11.6. The molecule has 0 heterocycles. The topological polar surface area (TPSA) is 0 Å². The van der Waals surface area contributed by atoms with Gasteiger partial charge in [0.1, 0.15) is 0 Å². The van der Waals surface area contributed by atoms with Crippen molar-refractivity contribution < 1.29 is 0 Å². The largest absolute Gasteiger partial charge is 0.0622 e. The maximum Gasteiger partial charge on any atom is -0.00201 e. The van der Waals surface area contributed by atoms with E-state index >= 15 is 0 Å².